The fraction of sp³-hybridized carbons (Fsp3) is 0.348. The molecule has 0 saturated carbocycles. The van der Waals surface area contributed by atoms with Crippen molar-refractivity contribution in [3.63, 3.8) is 0 Å². The molecule has 0 bridgehead atoms. The number of likely N-dealkylation sites (tertiary alicyclic amines) is 1. The Kier molecular flexibility index (Phi) is 6.43. The van der Waals surface area contributed by atoms with E-state index in [0.717, 1.165) is 36.9 Å². The lowest BCUT2D eigenvalue weighted by molar-refractivity contribution is -0.128. The lowest BCUT2D eigenvalue weighted by Gasteiger charge is -2.19. The van der Waals surface area contributed by atoms with Gasteiger partial charge in [0.05, 0.1) is 5.75 Å². The van der Waals surface area contributed by atoms with Crippen LogP contribution in [0, 0.1) is 0 Å². The molecule has 0 unspecified atom stereocenters. The van der Waals surface area contributed by atoms with Crippen LogP contribution in [-0.4, -0.2) is 34.2 Å². The maximum atomic E-state index is 12.7. The van der Waals surface area contributed by atoms with Crippen LogP contribution >= 0.6 is 27.7 Å². The van der Waals surface area contributed by atoms with Gasteiger partial charge in [-0.25, -0.2) is 0 Å². The Balaban J connectivity index is 1.51. The number of benzene rings is 2. The average molecular weight is 457 g/mol. The standard InChI is InChI=1S/C23H25BrN2OS/c24-19-11-9-18(10-12-19)15-26-16-22(20-7-3-4-8-21(20)26)28-17-23(27)25-13-5-1-2-6-14-25/h3-4,7-12,16H,1-2,5-6,13-15,17H2. The molecule has 4 rings (SSSR count). The van der Waals surface area contributed by atoms with Crippen molar-refractivity contribution >= 4 is 44.5 Å². The summed E-state index contributed by atoms with van der Waals surface area (Å²) in [7, 11) is 0. The first kappa shape index (κ1) is 19.6. The molecule has 28 heavy (non-hydrogen) atoms. The number of nitrogens with zero attached hydrogens (tertiary/aromatic N) is 2. The number of amides is 1. The van der Waals surface area contributed by atoms with Crippen LogP contribution in [-0.2, 0) is 11.3 Å². The van der Waals surface area contributed by atoms with Crippen LogP contribution in [0.15, 0.2) is 64.1 Å². The predicted octanol–water partition coefficient (Wildman–Crippen LogP) is 5.95. The first-order valence-electron chi connectivity index (χ1n) is 9.93. The summed E-state index contributed by atoms with van der Waals surface area (Å²) in [6.45, 7) is 2.67. The summed E-state index contributed by atoms with van der Waals surface area (Å²) in [5.41, 5.74) is 2.48. The van der Waals surface area contributed by atoms with Gasteiger partial charge >= 0.3 is 0 Å². The van der Waals surface area contributed by atoms with Gasteiger partial charge in [-0.05, 0) is 36.6 Å². The van der Waals surface area contributed by atoms with E-state index in [1.807, 2.05) is 0 Å². The smallest absolute Gasteiger partial charge is 0.232 e. The highest BCUT2D eigenvalue weighted by Crippen LogP contribution is 2.31. The molecule has 1 aromatic heterocycles. The summed E-state index contributed by atoms with van der Waals surface area (Å²) in [6, 6.07) is 16.9. The maximum Gasteiger partial charge on any atom is 0.232 e. The van der Waals surface area contributed by atoms with Crippen molar-refractivity contribution in [1.82, 2.24) is 9.47 Å². The van der Waals surface area contributed by atoms with Crippen molar-refractivity contribution in [3.05, 3.63) is 64.8 Å². The molecule has 2 aromatic carbocycles. The third kappa shape index (κ3) is 4.64. The second kappa shape index (κ2) is 9.19. The molecule has 1 saturated heterocycles. The molecular weight excluding hydrogens is 432 g/mol. The van der Waals surface area contributed by atoms with Crippen LogP contribution in [0.5, 0.6) is 0 Å². The van der Waals surface area contributed by atoms with Gasteiger partial charge in [0, 0.05) is 46.1 Å². The molecule has 5 heteroatoms. The van der Waals surface area contributed by atoms with Crippen molar-refractivity contribution in [3.8, 4) is 0 Å². The van der Waals surface area contributed by atoms with Gasteiger partial charge < -0.3 is 9.47 Å². The van der Waals surface area contributed by atoms with E-state index in [2.05, 4.69) is 80.1 Å². The zero-order valence-corrected chi connectivity index (χ0v) is 18.3. The van der Waals surface area contributed by atoms with Crippen molar-refractivity contribution in [2.45, 2.75) is 37.1 Å². The van der Waals surface area contributed by atoms with Crippen molar-refractivity contribution in [2.24, 2.45) is 0 Å². The molecule has 0 aliphatic carbocycles. The molecule has 3 aromatic rings. The van der Waals surface area contributed by atoms with Gasteiger partial charge in [-0.1, -0.05) is 59.1 Å². The lowest BCUT2D eigenvalue weighted by atomic mass is 10.2. The largest absolute Gasteiger partial charge is 0.342 e. The second-order valence-corrected chi connectivity index (χ2v) is 9.28. The lowest BCUT2D eigenvalue weighted by Crippen LogP contribution is -2.33. The van der Waals surface area contributed by atoms with Crippen LogP contribution in [0.3, 0.4) is 0 Å². The molecule has 0 atom stereocenters. The Morgan fingerprint density at radius 3 is 2.43 bits per heavy atom. The third-order valence-corrected chi connectivity index (χ3v) is 6.88. The van der Waals surface area contributed by atoms with Gasteiger partial charge in [0.15, 0.2) is 0 Å². The fourth-order valence-corrected chi connectivity index (χ4v) is 5.05. The molecule has 0 spiro atoms. The first-order chi connectivity index (χ1) is 13.7. The number of para-hydroxylation sites is 1. The maximum absolute atomic E-state index is 12.7. The van der Waals surface area contributed by atoms with E-state index in [-0.39, 0.29) is 5.91 Å². The minimum atomic E-state index is 0.275. The summed E-state index contributed by atoms with van der Waals surface area (Å²) in [5, 5.41) is 1.23. The van der Waals surface area contributed by atoms with Crippen LogP contribution in [0.4, 0.5) is 0 Å². The number of rotatable bonds is 5. The van der Waals surface area contributed by atoms with Gasteiger partial charge in [0.25, 0.3) is 0 Å². The van der Waals surface area contributed by atoms with Crippen molar-refractivity contribution < 1.29 is 4.79 Å². The minimum Gasteiger partial charge on any atom is -0.342 e. The number of aromatic nitrogens is 1. The summed E-state index contributed by atoms with van der Waals surface area (Å²) in [4.78, 5) is 15.9. The Bertz CT molecular complexity index is 943. The number of carbonyl (C=O) groups excluding carboxylic acids is 1. The molecule has 1 aliphatic rings. The molecule has 1 fully saturated rings. The molecule has 2 heterocycles. The summed E-state index contributed by atoms with van der Waals surface area (Å²) in [5.74, 6) is 0.795. The van der Waals surface area contributed by atoms with Gasteiger partial charge in [-0.3, -0.25) is 4.79 Å². The monoisotopic (exact) mass is 456 g/mol. The molecule has 0 N–H and O–H groups in total. The zero-order chi connectivity index (χ0) is 19.3. The van der Waals surface area contributed by atoms with Crippen LogP contribution in [0.1, 0.15) is 31.2 Å². The summed E-state index contributed by atoms with van der Waals surface area (Å²) in [6.07, 6.45) is 6.99. The molecule has 1 amide bonds. The quantitative estimate of drug-likeness (QED) is 0.443. The van der Waals surface area contributed by atoms with Gasteiger partial charge in [0.2, 0.25) is 5.91 Å². The Hall–Kier alpha value is -1.72. The van der Waals surface area contributed by atoms with Crippen LogP contribution < -0.4 is 0 Å². The Labute approximate surface area is 179 Å². The van der Waals surface area contributed by atoms with Gasteiger partial charge in [-0.15, -0.1) is 11.8 Å². The predicted molar refractivity (Wildman–Crippen MR) is 121 cm³/mol. The van der Waals surface area contributed by atoms with Crippen LogP contribution in [0.25, 0.3) is 10.9 Å². The van der Waals surface area contributed by atoms with E-state index in [1.165, 1.54) is 34.2 Å². The SMILES string of the molecule is O=C(CSc1cn(Cc2ccc(Br)cc2)c2ccccc12)N1CCCCCC1. The topological polar surface area (TPSA) is 25.2 Å². The number of thioether (sulfide) groups is 1. The molecular formula is C23H25BrN2OS. The van der Waals surface area contributed by atoms with E-state index < -0.39 is 0 Å². The second-order valence-electron chi connectivity index (χ2n) is 7.35. The van der Waals surface area contributed by atoms with E-state index in [0.29, 0.717) is 5.75 Å². The summed E-state index contributed by atoms with van der Waals surface area (Å²) >= 11 is 5.17. The summed E-state index contributed by atoms with van der Waals surface area (Å²) < 4.78 is 3.38. The number of halogens is 1. The van der Waals surface area contributed by atoms with E-state index in [9.17, 15) is 4.79 Å². The Morgan fingerprint density at radius 1 is 0.964 bits per heavy atom. The van der Waals surface area contributed by atoms with E-state index in [1.54, 1.807) is 11.8 Å². The normalized spacial score (nSPS) is 15.0. The van der Waals surface area contributed by atoms with Crippen molar-refractivity contribution in [2.75, 3.05) is 18.8 Å². The molecule has 3 nitrogen and oxygen atoms in total. The van der Waals surface area contributed by atoms with E-state index in [4.69, 9.17) is 0 Å². The van der Waals surface area contributed by atoms with Crippen molar-refractivity contribution in [1.29, 1.82) is 0 Å². The fourth-order valence-electron chi connectivity index (χ4n) is 3.80. The first-order valence-corrected chi connectivity index (χ1v) is 11.7. The highest BCUT2D eigenvalue weighted by atomic mass is 79.9. The molecule has 1 aliphatic heterocycles. The zero-order valence-electron chi connectivity index (χ0n) is 15.9. The Morgan fingerprint density at radius 2 is 1.68 bits per heavy atom. The average Bonchev–Trinajstić information content (AvgIpc) is 2.88. The highest BCUT2D eigenvalue weighted by Gasteiger charge is 2.17. The van der Waals surface area contributed by atoms with Crippen LogP contribution in [0.2, 0.25) is 0 Å². The number of carbonyl (C=O) groups is 1. The molecule has 146 valence electrons. The van der Waals surface area contributed by atoms with Gasteiger partial charge in [0.1, 0.15) is 0 Å². The third-order valence-electron chi connectivity index (χ3n) is 5.33. The van der Waals surface area contributed by atoms with Gasteiger partial charge in [-0.2, -0.15) is 0 Å². The number of hydrogen-bond acceptors (Lipinski definition) is 2. The van der Waals surface area contributed by atoms with E-state index >= 15 is 0 Å². The number of hydrogen-bond donors (Lipinski definition) is 0. The number of fused-ring (bicyclic) bond motifs is 1. The molecule has 0 radical (unpaired) electrons. The highest BCUT2D eigenvalue weighted by molar-refractivity contribution is 9.10. The minimum absolute atomic E-state index is 0.275.